The Labute approximate surface area is 94.9 Å². The van der Waals surface area contributed by atoms with Gasteiger partial charge in [0.2, 0.25) is 6.08 Å². The number of hydrogen-bond donors (Lipinski definition) is 0. The first-order valence-corrected chi connectivity index (χ1v) is 6.51. The minimum atomic E-state index is -3.29. The summed E-state index contributed by atoms with van der Waals surface area (Å²) in [7, 11) is -3.29. The van der Waals surface area contributed by atoms with Gasteiger partial charge < -0.3 is 0 Å². The van der Waals surface area contributed by atoms with Gasteiger partial charge in [-0.05, 0) is 24.1 Å². The number of rotatable bonds is 4. The van der Waals surface area contributed by atoms with Crippen molar-refractivity contribution in [3.63, 3.8) is 0 Å². The molecule has 0 aliphatic heterocycles. The first-order valence-electron chi connectivity index (χ1n) is 4.86. The molecule has 0 heterocycles. The Bertz CT molecular complexity index is 514. The van der Waals surface area contributed by atoms with Crippen LogP contribution in [0.5, 0.6) is 0 Å². The van der Waals surface area contributed by atoms with Crippen molar-refractivity contribution in [2.24, 2.45) is 10.9 Å². The normalized spacial score (nSPS) is 11.2. The van der Waals surface area contributed by atoms with Gasteiger partial charge in [0, 0.05) is 0 Å². The Balaban J connectivity index is 3.13. The maximum atomic E-state index is 11.9. The van der Waals surface area contributed by atoms with E-state index in [0.29, 0.717) is 5.69 Å². The summed E-state index contributed by atoms with van der Waals surface area (Å²) < 4.78 is 23.7. The summed E-state index contributed by atoms with van der Waals surface area (Å²) >= 11 is 0. The fourth-order valence-electron chi connectivity index (χ4n) is 1.33. The van der Waals surface area contributed by atoms with Crippen LogP contribution < -0.4 is 0 Å². The lowest BCUT2D eigenvalue weighted by Crippen LogP contribution is -2.11. The topological polar surface area (TPSA) is 63.6 Å². The number of sulfone groups is 1. The molecule has 0 aliphatic rings. The molecule has 0 fully saturated rings. The zero-order valence-electron chi connectivity index (χ0n) is 9.17. The summed E-state index contributed by atoms with van der Waals surface area (Å²) in [5.74, 6) is 0.143. The molecule has 0 bridgehead atoms. The lowest BCUT2D eigenvalue weighted by Gasteiger charge is -2.06. The number of carbonyl (C=O) groups excluding carboxylic acids is 1. The standard InChI is InChI=1S/C11H13NO3S/c1-9(2)7-16(14,15)11-5-3-4-10(6-11)12-8-13/h3-6,9H,7H2,1-2H3. The van der Waals surface area contributed by atoms with Crippen LogP contribution >= 0.6 is 0 Å². The maximum absolute atomic E-state index is 11.9. The van der Waals surface area contributed by atoms with Crippen LogP contribution in [0.15, 0.2) is 34.2 Å². The molecule has 0 saturated carbocycles. The molecule has 1 aromatic rings. The molecule has 86 valence electrons. The van der Waals surface area contributed by atoms with Gasteiger partial charge in [0.05, 0.1) is 16.3 Å². The summed E-state index contributed by atoms with van der Waals surface area (Å²) in [6.45, 7) is 3.68. The van der Waals surface area contributed by atoms with Crippen molar-refractivity contribution in [2.75, 3.05) is 5.75 Å². The fraction of sp³-hybridized carbons (Fsp3) is 0.364. The maximum Gasteiger partial charge on any atom is 0.240 e. The predicted molar refractivity (Wildman–Crippen MR) is 61.1 cm³/mol. The van der Waals surface area contributed by atoms with E-state index in [0.717, 1.165) is 0 Å². The Hall–Kier alpha value is -1.45. The molecule has 0 aromatic heterocycles. The van der Waals surface area contributed by atoms with Gasteiger partial charge in [0.1, 0.15) is 0 Å². The summed E-state index contributed by atoms with van der Waals surface area (Å²) in [6.07, 6.45) is 1.38. The lowest BCUT2D eigenvalue weighted by molar-refractivity contribution is 0.565. The average molecular weight is 239 g/mol. The number of benzene rings is 1. The van der Waals surface area contributed by atoms with Crippen molar-refractivity contribution >= 4 is 21.6 Å². The SMILES string of the molecule is CC(C)CS(=O)(=O)c1cccc(N=C=O)c1. The summed E-state index contributed by atoms with van der Waals surface area (Å²) in [4.78, 5) is 13.7. The lowest BCUT2D eigenvalue weighted by atomic mass is 10.3. The van der Waals surface area contributed by atoms with E-state index in [-0.39, 0.29) is 16.6 Å². The third kappa shape index (κ3) is 3.29. The molecule has 0 radical (unpaired) electrons. The molecule has 0 aliphatic carbocycles. The molecule has 1 aromatic carbocycles. The van der Waals surface area contributed by atoms with Crippen molar-refractivity contribution in [1.29, 1.82) is 0 Å². The minimum absolute atomic E-state index is 0.0585. The Morgan fingerprint density at radius 1 is 1.38 bits per heavy atom. The van der Waals surface area contributed by atoms with E-state index in [9.17, 15) is 13.2 Å². The smallest absolute Gasteiger partial charge is 0.224 e. The van der Waals surface area contributed by atoms with Gasteiger partial charge in [-0.15, -0.1) is 0 Å². The van der Waals surface area contributed by atoms with Crippen molar-refractivity contribution in [1.82, 2.24) is 0 Å². The van der Waals surface area contributed by atoms with Crippen molar-refractivity contribution < 1.29 is 13.2 Å². The zero-order valence-corrected chi connectivity index (χ0v) is 9.99. The molecule has 5 heteroatoms. The van der Waals surface area contributed by atoms with Crippen LogP contribution in [0.3, 0.4) is 0 Å². The molecule has 4 nitrogen and oxygen atoms in total. The van der Waals surface area contributed by atoms with E-state index in [1.165, 1.54) is 18.2 Å². The second-order valence-electron chi connectivity index (χ2n) is 3.88. The quantitative estimate of drug-likeness (QED) is 0.597. The Morgan fingerprint density at radius 3 is 2.62 bits per heavy atom. The van der Waals surface area contributed by atoms with E-state index in [2.05, 4.69) is 4.99 Å². The van der Waals surface area contributed by atoms with Crippen LogP contribution in [-0.2, 0) is 14.6 Å². The average Bonchev–Trinajstić information content (AvgIpc) is 2.16. The van der Waals surface area contributed by atoms with Crippen LogP contribution in [0.4, 0.5) is 5.69 Å². The second-order valence-corrected chi connectivity index (χ2v) is 5.91. The van der Waals surface area contributed by atoms with Gasteiger partial charge in [0.15, 0.2) is 9.84 Å². The largest absolute Gasteiger partial charge is 0.240 e. The first kappa shape index (κ1) is 12.6. The number of nitrogens with zero attached hydrogens (tertiary/aromatic N) is 1. The van der Waals surface area contributed by atoms with Crippen LogP contribution in [0.1, 0.15) is 13.8 Å². The predicted octanol–water partition coefficient (Wildman–Crippen LogP) is 2.08. The molecule has 16 heavy (non-hydrogen) atoms. The molecule has 0 amide bonds. The van der Waals surface area contributed by atoms with Crippen molar-refractivity contribution in [2.45, 2.75) is 18.7 Å². The molecular weight excluding hydrogens is 226 g/mol. The minimum Gasteiger partial charge on any atom is -0.224 e. The summed E-state index contributed by atoms with van der Waals surface area (Å²) in [5.41, 5.74) is 0.305. The third-order valence-electron chi connectivity index (χ3n) is 1.90. The highest BCUT2D eigenvalue weighted by molar-refractivity contribution is 7.91. The number of aliphatic imine (C=N–C) groups is 1. The third-order valence-corrected chi connectivity index (χ3v) is 3.98. The van der Waals surface area contributed by atoms with Gasteiger partial charge in [0.25, 0.3) is 0 Å². The van der Waals surface area contributed by atoms with Crippen LogP contribution in [0.25, 0.3) is 0 Å². The van der Waals surface area contributed by atoms with Crippen LogP contribution in [0.2, 0.25) is 0 Å². The molecule has 0 saturated heterocycles. The number of isocyanates is 1. The molecule has 0 atom stereocenters. The highest BCUT2D eigenvalue weighted by atomic mass is 32.2. The molecule has 1 rings (SSSR count). The van der Waals surface area contributed by atoms with E-state index < -0.39 is 9.84 Å². The van der Waals surface area contributed by atoms with Gasteiger partial charge in [-0.2, -0.15) is 4.99 Å². The fourth-order valence-corrected chi connectivity index (χ4v) is 2.99. The highest BCUT2D eigenvalue weighted by Crippen LogP contribution is 2.19. The first-order chi connectivity index (χ1) is 7.45. The van der Waals surface area contributed by atoms with Crippen molar-refractivity contribution in [3.05, 3.63) is 24.3 Å². The molecule has 0 spiro atoms. The highest BCUT2D eigenvalue weighted by Gasteiger charge is 2.16. The monoisotopic (exact) mass is 239 g/mol. The molecule has 0 N–H and O–H groups in total. The second kappa shape index (κ2) is 5.05. The van der Waals surface area contributed by atoms with E-state index in [4.69, 9.17) is 0 Å². The Morgan fingerprint density at radius 2 is 2.06 bits per heavy atom. The van der Waals surface area contributed by atoms with E-state index in [1.807, 2.05) is 13.8 Å². The van der Waals surface area contributed by atoms with Crippen molar-refractivity contribution in [3.8, 4) is 0 Å². The zero-order chi connectivity index (χ0) is 12.2. The van der Waals surface area contributed by atoms with Gasteiger partial charge >= 0.3 is 0 Å². The van der Waals surface area contributed by atoms with Gasteiger partial charge in [-0.1, -0.05) is 19.9 Å². The Kier molecular flexibility index (Phi) is 3.99. The molecule has 0 unspecified atom stereocenters. The summed E-state index contributed by atoms with van der Waals surface area (Å²) in [5, 5.41) is 0. The number of hydrogen-bond acceptors (Lipinski definition) is 4. The molecular formula is C11H13NO3S. The van der Waals surface area contributed by atoms with E-state index in [1.54, 1.807) is 12.1 Å². The van der Waals surface area contributed by atoms with Crippen LogP contribution in [-0.4, -0.2) is 20.3 Å². The van der Waals surface area contributed by atoms with Gasteiger partial charge in [-0.3, -0.25) is 0 Å². The summed E-state index contributed by atoms with van der Waals surface area (Å²) in [6, 6.07) is 5.99. The van der Waals surface area contributed by atoms with E-state index >= 15 is 0 Å². The van der Waals surface area contributed by atoms with Crippen LogP contribution in [0, 0.1) is 5.92 Å². The van der Waals surface area contributed by atoms with Gasteiger partial charge in [-0.25, -0.2) is 13.2 Å².